The molecule has 0 fully saturated rings. The van der Waals surface area contributed by atoms with Gasteiger partial charge in [0.1, 0.15) is 0 Å². The standard InChI is InChI=1S/C19H19NO2/c1-22-12-4-5-14-8-10-15(11-9-14)18-13-16-6-2-3-7-17(16)19(21)20-18/h2-3,6-11H,4-5,12-13H2,1H3. The van der Waals surface area contributed by atoms with Crippen molar-refractivity contribution < 1.29 is 9.53 Å². The molecule has 0 aliphatic carbocycles. The fourth-order valence-electron chi connectivity index (χ4n) is 2.74. The smallest absolute Gasteiger partial charge is 0.277 e. The molecule has 0 atom stereocenters. The zero-order valence-corrected chi connectivity index (χ0v) is 12.7. The summed E-state index contributed by atoms with van der Waals surface area (Å²) in [5.41, 5.74) is 4.94. The maximum atomic E-state index is 12.1. The molecule has 0 saturated heterocycles. The molecule has 1 heterocycles. The number of methoxy groups -OCH3 is 1. The van der Waals surface area contributed by atoms with Gasteiger partial charge in [-0.2, -0.15) is 0 Å². The SMILES string of the molecule is COCCCc1ccc(C2=NC(=O)c3ccccc3C2)cc1. The van der Waals surface area contributed by atoms with Crippen molar-refractivity contribution in [2.75, 3.05) is 13.7 Å². The van der Waals surface area contributed by atoms with Crippen LogP contribution < -0.4 is 0 Å². The van der Waals surface area contributed by atoms with Crippen molar-refractivity contribution >= 4 is 11.6 Å². The second kappa shape index (κ2) is 6.67. The fraction of sp³-hybridized carbons (Fsp3) is 0.263. The molecule has 0 unspecified atom stereocenters. The van der Waals surface area contributed by atoms with Crippen LogP contribution in [-0.2, 0) is 17.6 Å². The Morgan fingerprint density at radius 2 is 1.86 bits per heavy atom. The van der Waals surface area contributed by atoms with Crippen molar-refractivity contribution in [1.82, 2.24) is 0 Å². The molecule has 1 aliphatic rings. The molecule has 0 radical (unpaired) electrons. The minimum Gasteiger partial charge on any atom is -0.385 e. The van der Waals surface area contributed by atoms with E-state index >= 15 is 0 Å². The first-order valence-electron chi connectivity index (χ1n) is 7.56. The fourth-order valence-corrected chi connectivity index (χ4v) is 2.74. The maximum absolute atomic E-state index is 12.1. The molecular formula is C19H19NO2. The molecule has 1 amide bonds. The molecule has 0 bridgehead atoms. The molecule has 2 aromatic rings. The van der Waals surface area contributed by atoms with E-state index in [0.717, 1.165) is 41.9 Å². The maximum Gasteiger partial charge on any atom is 0.277 e. The number of hydrogen-bond donors (Lipinski definition) is 0. The zero-order valence-electron chi connectivity index (χ0n) is 12.7. The highest BCUT2D eigenvalue weighted by atomic mass is 16.5. The number of carbonyl (C=O) groups excluding carboxylic acids is 1. The van der Waals surface area contributed by atoms with E-state index in [4.69, 9.17) is 4.74 Å². The van der Waals surface area contributed by atoms with Gasteiger partial charge in [-0.3, -0.25) is 4.79 Å². The van der Waals surface area contributed by atoms with Crippen LogP contribution in [0.2, 0.25) is 0 Å². The lowest BCUT2D eigenvalue weighted by Gasteiger charge is -2.15. The van der Waals surface area contributed by atoms with Crippen LogP contribution >= 0.6 is 0 Å². The molecule has 0 N–H and O–H groups in total. The lowest BCUT2D eigenvalue weighted by Crippen LogP contribution is -2.17. The van der Waals surface area contributed by atoms with Gasteiger partial charge in [0.15, 0.2) is 0 Å². The number of nitrogens with zero attached hydrogens (tertiary/aromatic N) is 1. The molecule has 2 aromatic carbocycles. The summed E-state index contributed by atoms with van der Waals surface area (Å²) < 4.78 is 5.07. The van der Waals surface area contributed by atoms with Gasteiger partial charge in [0.25, 0.3) is 5.91 Å². The molecular weight excluding hydrogens is 274 g/mol. The van der Waals surface area contributed by atoms with E-state index in [1.807, 2.05) is 24.3 Å². The summed E-state index contributed by atoms with van der Waals surface area (Å²) in [6, 6.07) is 16.0. The molecule has 0 aromatic heterocycles. The Labute approximate surface area is 130 Å². The molecule has 0 saturated carbocycles. The van der Waals surface area contributed by atoms with Gasteiger partial charge in [-0.05, 0) is 35.6 Å². The van der Waals surface area contributed by atoms with E-state index in [9.17, 15) is 4.79 Å². The van der Waals surface area contributed by atoms with Gasteiger partial charge < -0.3 is 4.74 Å². The van der Waals surface area contributed by atoms with Gasteiger partial charge in [0.05, 0.1) is 5.71 Å². The Morgan fingerprint density at radius 3 is 2.64 bits per heavy atom. The Hall–Kier alpha value is -2.26. The number of benzene rings is 2. The predicted octanol–water partition coefficient (Wildman–Crippen LogP) is 3.45. The van der Waals surface area contributed by atoms with Gasteiger partial charge in [-0.15, -0.1) is 0 Å². The van der Waals surface area contributed by atoms with Crippen LogP contribution in [0.4, 0.5) is 0 Å². The third-order valence-electron chi connectivity index (χ3n) is 3.94. The topological polar surface area (TPSA) is 38.7 Å². The van der Waals surface area contributed by atoms with Crippen LogP contribution in [-0.4, -0.2) is 25.3 Å². The number of rotatable bonds is 5. The van der Waals surface area contributed by atoms with Crippen molar-refractivity contribution in [3.8, 4) is 0 Å². The lowest BCUT2D eigenvalue weighted by molar-refractivity contribution is 0.1000. The Kier molecular flexibility index (Phi) is 4.45. The average molecular weight is 293 g/mol. The Morgan fingerprint density at radius 1 is 1.09 bits per heavy atom. The predicted molar refractivity (Wildman–Crippen MR) is 87.7 cm³/mol. The molecule has 1 aliphatic heterocycles. The van der Waals surface area contributed by atoms with E-state index in [1.165, 1.54) is 5.56 Å². The minimum atomic E-state index is -0.138. The minimum absolute atomic E-state index is 0.138. The third kappa shape index (κ3) is 3.15. The Bertz CT molecular complexity index is 702. The summed E-state index contributed by atoms with van der Waals surface area (Å²) in [5, 5.41) is 0. The summed E-state index contributed by atoms with van der Waals surface area (Å²) >= 11 is 0. The third-order valence-corrected chi connectivity index (χ3v) is 3.94. The summed E-state index contributed by atoms with van der Waals surface area (Å²) in [6.45, 7) is 0.778. The van der Waals surface area contributed by atoms with Crippen LogP contribution in [0.25, 0.3) is 0 Å². The van der Waals surface area contributed by atoms with Gasteiger partial charge in [0, 0.05) is 25.7 Å². The number of ether oxygens (including phenoxy) is 1. The quantitative estimate of drug-likeness (QED) is 0.792. The van der Waals surface area contributed by atoms with Crippen molar-refractivity contribution in [1.29, 1.82) is 0 Å². The van der Waals surface area contributed by atoms with E-state index in [2.05, 4.69) is 29.3 Å². The van der Waals surface area contributed by atoms with Gasteiger partial charge >= 0.3 is 0 Å². The number of carbonyl (C=O) groups is 1. The first kappa shape index (κ1) is 14.7. The van der Waals surface area contributed by atoms with Crippen LogP contribution in [0.3, 0.4) is 0 Å². The van der Waals surface area contributed by atoms with Crippen LogP contribution in [0.1, 0.15) is 33.5 Å². The molecule has 3 heteroatoms. The highest BCUT2D eigenvalue weighted by molar-refractivity contribution is 6.15. The van der Waals surface area contributed by atoms with E-state index in [-0.39, 0.29) is 5.91 Å². The van der Waals surface area contributed by atoms with Crippen molar-refractivity contribution in [3.05, 3.63) is 70.8 Å². The number of aryl methyl sites for hydroxylation is 1. The van der Waals surface area contributed by atoms with E-state index in [1.54, 1.807) is 7.11 Å². The highest BCUT2D eigenvalue weighted by Gasteiger charge is 2.19. The zero-order chi connectivity index (χ0) is 15.4. The number of hydrogen-bond acceptors (Lipinski definition) is 2. The number of amides is 1. The van der Waals surface area contributed by atoms with Crippen LogP contribution in [0.5, 0.6) is 0 Å². The number of aliphatic imine (C=N–C) groups is 1. The molecule has 3 nitrogen and oxygen atoms in total. The Balaban J connectivity index is 1.76. The molecule has 22 heavy (non-hydrogen) atoms. The van der Waals surface area contributed by atoms with Gasteiger partial charge in [0.2, 0.25) is 0 Å². The summed E-state index contributed by atoms with van der Waals surface area (Å²) in [5.74, 6) is -0.138. The lowest BCUT2D eigenvalue weighted by atomic mass is 9.94. The van der Waals surface area contributed by atoms with Crippen molar-refractivity contribution in [2.45, 2.75) is 19.3 Å². The summed E-state index contributed by atoms with van der Waals surface area (Å²) in [4.78, 5) is 16.4. The normalized spacial score (nSPS) is 13.7. The van der Waals surface area contributed by atoms with Crippen LogP contribution in [0, 0.1) is 0 Å². The van der Waals surface area contributed by atoms with Gasteiger partial charge in [-0.25, -0.2) is 4.99 Å². The van der Waals surface area contributed by atoms with Crippen molar-refractivity contribution in [3.63, 3.8) is 0 Å². The summed E-state index contributed by atoms with van der Waals surface area (Å²) in [7, 11) is 1.72. The van der Waals surface area contributed by atoms with Gasteiger partial charge in [-0.1, -0.05) is 42.5 Å². The second-order valence-electron chi connectivity index (χ2n) is 5.49. The number of fused-ring (bicyclic) bond motifs is 1. The monoisotopic (exact) mass is 293 g/mol. The van der Waals surface area contributed by atoms with E-state index < -0.39 is 0 Å². The van der Waals surface area contributed by atoms with Crippen molar-refractivity contribution in [2.24, 2.45) is 4.99 Å². The first-order chi connectivity index (χ1) is 10.8. The second-order valence-corrected chi connectivity index (χ2v) is 5.49. The molecule has 0 spiro atoms. The first-order valence-corrected chi connectivity index (χ1v) is 7.56. The molecule has 112 valence electrons. The van der Waals surface area contributed by atoms with E-state index in [0.29, 0.717) is 6.42 Å². The highest BCUT2D eigenvalue weighted by Crippen LogP contribution is 2.20. The van der Waals surface area contributed by atoms with Crippen LogP contribution in [0.15, 0.2) is 53.5 Å². The largest absolute Gasteiger partial charge is 0.385 e. The summed E-state index contributed by atoms with van der Waals surface area (Å²) in [6.07, 6.45) is 2.73. The molecule has 3 rings (SSSR count). The average Bonchev–Trinajstić information content (AvgIpc) is 2.56.